The molecule has 6 nitrogen and oxygen atoms in total. The fourth-order valence-electron chi connectivity index (χ4n) is 2.56. The lowest BCUT2D eigenvalue weighted by Crippen LogP contribution is -2.40. The number of urea groups is 1. The van der Waals surface area contributed by atoms with Gasteiger partial charge in [0, 0.05) is 23.3 Å². The Hall–Kier alpha value is -2.09. The van der Waals surface area contributed by atoms with E-state index in [0.717, 1.165) is 5.56 Å². The molecule has 2 rings (SSSR count). The van der Waals surface area contributed by atoms with Crippen molar-refractivity contribution in [2.75, 3.05) is 12.4 Å². The van der Waals surface area contributed by atoms with Gasteiger partial charge in [-0.2, -0.15) is 0 Å². The van der Waals surface area contributed by atoms with Gasteiger partial charge in [0.25, 0.3) is 0 Å². The zero-order valence-electron chi connectivity index (χ0n) is 16.7. The van der Waals surface area contributed by atoms with Crippen LogP contribution in [0, 0.1) is 0 Å². The summed E-state index contributed by atoms with van der Waals surface area (Å²) in [4.78, 5) is 14.2. The second-order valence-corrected chi connectivity index (χ2v) is 9.77. The molecule has 0 radical (unpaired) electrons. The van der Waals surface area contributed by atoms with Gasteiger partial charge >= 0.3 is 6.03 Å². The number of hydrogen-bond donors (Lipinski definition) is 2. The highest BCUT2D eigenvalue weighted by Gasteiger charge is 2.23. The van der Waals surface area contributed by atoms with Gasteiger partial charge in [-0.15, -0.1) is 0 Å². The highest BCUT2D eigenvalue weighted by Crippen LogP contribution is 2.22. The van der Waals surface area contributed by atoms with E-state index in [9.17, 15) is 13.2 Å². The van der Waals surface area contributed by atoms with Crippen LogP contribution in [-0.4, -0.2) is 31.9 Å². The summed E-state index contributed by atoms with van der Waals surface area (Å²) >= 11 is 5.91. The van der Waals surface area contributed by atoms with Gasteiger partial charge in [-0.05, 0) is 63.6 Å². The minimum atomic E-state index is -3.69. The Kier molecular flexibility index (Phi) is 6.75. The molecule has 0 saturated carbocycles. The molecule has 0 saturated heterocycles. The standard InChI is InChI=1S/C20H26ClN3O3S/c1-14(15-9-11-16(21)12-10-15)24(5)19(25)22-17-7-6-8-18(13-17)28(26,27)23-20(2,3)4/h6-14,23H,1-5H3,(H,22,25)/t14-/m0/s1. The Morgan fingerprint density at radius 3 is 2.29 bits per heavy atom. The van der Waals surface area contributed by atoms with Crippen LogP contribution in [0.5, 0.6) is 0 Å². The molecule has 8 heteroatoms. The number of carbonyl (C=O) groups is 1. The second kappa shape index (κ2) is 8.51. The molecule has 28 heavy (non-hydrogen) atoms. The van der Waals surface area contributed by atoms with Crippen molar-refractivity contribution in [2.45, 2.75) is 44.2 Å². The van der Waals surface area contributed by atoms with Crippen LogP contribution >= 0.6 is 11.6 Å². The molecular weight excluding hydrogens is 398 g/mol. The highest BCUT2D eigenvalue weighted by molar-refractivity contribution is 7.89. The molecule has 0 aliphatic rings. The van der Waals surface area contributed by atoms with Gasteiger partial charge in [0.2, 0.25) is 10.0 Å². The van der Waals surface area contributed by atoms with Gasteiger partial charge in [-0.3, -0.25) is 0 Å². The maximum absolute atomic E-state index is 12.6. The minimum Gasteiger partial charge on any atom is -0.321 e. The SMILES string of the molecule is C[C@@H](c1ccc(Cl)cc1)N(C)C(=O)Nc1cccc(S(=O)(=O)NC(C)(C)C)c1. The van der Waals surface area contributed by atoms with Crippen molar-refractivity contribution in [1.82, 2.24) is 9.62 Å². The normalized spacial score (nSPS) is 13.1. The van der Waals surface area contributed by atoms with Crippen LogP contribution in [0.3, 0.4) is 0 Å². The van der Waals surface area contributed by atoms with Gasteiger partial charge in [-0.1, -0.05) is 29.8 Å². The average Bonchev–Trinajstić information content (AvgIpc) is 2.59. The van der Waals surface area contributed by atoms with Crippen LogP contribution in [0.15, 0.2) is 53.4 Å². The summed E-state index contributed by atoms with van der Waals surface area (Å²) in [5, 5.41) is 3.38. The summed E-state index contributed by atoms with van der Waals surface area (Å²) in [5.74, 6) is 0. The van der Waals surface area contributed by atoms with E-state index >= 15 is 0 Å². The van der Waals surface area contributed by atoms with Gasteiger partial charge < -0.3 is 10.2 Å². The van der Waals surface area contributed by atoms with Crippen molar-refractivity contribution in [3.63, 3.8) is 0 Å². The largest absolute Gasteiger partial charge is 0.322 e. The fraction of sp³-hybridized carbons (Fsp3) is 0.350. The van der Waals surface area contributed by atoms with Crippen LogP contribution in [0.2, 0.25) is 5.02 Å². The molecule has 0 spiro atoms. The van der Waals surface area contributed by atoms with Crippen molar-refractivity contribution in [2.24, 2.45) is 0 Å². The zero-order chi connectivity index (χ0) is 21.1. The third kappa shape index (κ3) is 5.95. The Balaban J connectivity index is 2.14. The summed E-state index contributed by atoms with van der Waals surface area (Å²) in [7, 11) is -2.01. The lowest BCUT2D eigenvalue weighted by molar-refractivity contribution is 0.208. The number of sulfonamides is 1. The molecule has 152 valence electrons. The Morgan fingerprint density at radius 2 is 1.71 bits per heavy atom. The van der Waals surface area contributed by atoms with Crippen LogP contribution in [0.25, 0.3) is 0 Å². The first-order valence-electron chi connectivity index (χ1n) is 8.82. The summed E-state index contributed by atoms with van der Waals surface area (Å²) in [6, 6.07) is 12.9. The first-order valence-corrected chi connectivity index (χ1v) is 10.7. The van der Waals surface area contributed by atoms with Crippen molar-refractivity contribution in [3.05, 3.63) is 59.1 Å². The average molecular weight is 424 g/mol. The lowest BCUT2D eigenvalue weighted by Gasteiger charge is -2.26. The molecule has 0 bridgehead atoms. The van der Waals surface area contributed by atoms with E-state index in [-0.39, 0.29) is 17.0 Å². The topological polar surface area (TPSA) is 78.5 Å². The van der Waals surface area contributed by atoms with Crippen LogP contribution in [0.4, 0.5) is 10.5 Å². The molecule has 0 aliphatic carbocycles. The highest BCUT2D eigenvalue weighted by atomic mass is 35.5. The fourth-order valence-corrected chi connectivity index (χ4v) is 4.15. The molecule has 2 N–H and O–H groups in total. The quantitative estimate of drug-likeness (QED) is 0.735. The van der Waals surface area contributed by atoms with Crippen LogP contribution in [-0.2, 0) is 10.0 Å². The predicted molar refractivity (Wildman–Crippen MR) is 113 cm³/mol. The van der Waals surface area contributed by atoms with Crippen LogP contribution in [0.1, 0.15) is 39.3 Å². The van der Waals surface area contributed by atoms with E-state index < -0.39 is 15.6 Å². The molecular formula is C20H26ClN3O3S. The number of amides is 2. The summed E-state index contributed by atoms with van der Waals surface area (Å²) < 4.78 is 27.6. The molecule has 2 aromatic rings. The van der Waals surface area contributed by atoms with E-state index in [4.69, 9.17) is 11.6 Å². The van der Waals surface area contributed by atoms with Crippen molar-refractivity contribution >= 4 is 33.3 Å². The number of nitrogens with one attached hydrogen (secondary N) is 2. The summed E-state index contributed by atoms with van der Waals surface area (Å²) in [6.45, 7) is 7.20. The second-order valence-electron chi connectivity index (χ2n) is 7.65. The van der Waals surface area contributed by atoms with Crippen LogP contribution < -0.4 is 10.0 Å². The van der Waals surface area contributed by atoms with Crippen molar-refractivity contribution in [1.29, 1.82) is 0 Å². The van der Waals surface area contributed by atoms with E-state index in [0.29, 0.717) is 10.7 Å². The number of hydrogen-bond acceptors (Lipinski definition) is 3. The monoisotopic (exact) mass is 423 g/mol. The Bertz CT molecular complexity index is 938. The molecule has 1 atom stereocenters. The third-order valence-corrected chi connectivity index (χ3v) is 6.10. The van der Waals surface area contributed by atoms with E-state index in [1.807, 2.05) is 19.1 Å². The van der Waals surface area contributed by atoms with E-state index in [2.05, 4.69) is 10.0 Å². The van der Waals surface area contributed by atoms with Gasteiger partial charge in [0.15, 0.2) is 0 Å². The number of anilines is 1. The maximum atomic E-state index is 12.6. The van der Waals surface area contributed by atoms with E-state index in [1.165, 1.54) is 17.0 Å². The van der Waals surface area contributed by atoms with Crippen molar-refractivity contribution in [3.8, 4) is 0 Å². The molecule has 0 unspecified atom stereocenters. The first-order chi connectivity index (χ1) is 12.9. The van der Waals surface area contributed by atoms with Gasteiger partial charge in [0.05, 0.1) is 10.9 Å². The summed E-state index contributed by atoms with van der Waals surface area (Å²) in [5.41, 5.74) is 0.733. The molecule has 0 aromatic heterocycles. The van der Waals surface area contributed by atoms with Gasteiger partial charge in [-0.25, -0.2) is 17.9 Å². The minimum absolute atomic E-state index is 0.0913. The molecule has 0 heterocycles. The zero-order valence-corrected chi connectivity index (χ0v) is 18.2. The number of nitrogens with zero attached hydrogens (tertiary/aromatic N) is 1. The Morgan fingerprint density at radius 1 is 1.11 bits per heavy atom. The number of benzene rings is 2. The summed E-state index contributed by atoms with van der Waals surface area (Å²) in [6.07, 6.45) is 0. The molecule has 0 fully saturated rings. The molecule has 2 aromatic carbocycles. The predicted octanol–water partition coefficient (Wildman–Crippen LogP) is 4.64. The van der Waals surface area contributed by atoms with Crippen molar-refractivity contribution < 1.29 is 13.2 Å². The Labute approximate surface area is 171 Å². The smallest absolute Gasteiger partial charge is 0.321 e. The maximum Gasteiger partial charge on any atom is 0.322 e. The van der Waals surface area contributed by atoms with E-state index in [1.54, 1.807) is 52.1 Å². The number of rotatable bonds is 5. The first kappa shape index (κ1) is 22.2. The van der Waals surface area contributed by atoms with Gasteiger partial charge in [0.1, 0.15) is 0 Å². The molecule has 2 amide bonds. The third-order valence-electron chi connectivity index (χ3n) is 4.09. The number of carbonyl (C=O) groups excluding carboxylic acids is 1. The lowest BCUT2D eigenvalue weighted by atomic mass is 10.1. The molecule has 0 aliphatic heterocycles. The number of halogens is 1.